The van der Waals surface area contributed by atoms with Crippen molar-refractivity contribution in [1.29, 1.82) is 0 Å². The van der Waals surface area contributed by atoms with E-state index in [9.17, 15) is 0 Å². The number of nitrogens with zero attached hydrogens (tertiary/aromatic N) is 2. The molecule has 0 amide bonds. The number of hydrogen-bond donors (Lipinski definition) is 1. The Morgan fingerprint density at radius 3 is 2.85 bits per heavy atom. The average Bonchev–Trinajstić information content (AvgIpc) is 2.60. The summed E-state index contributed by atoms with van der Waals surface area (Å²) >= 11 is 0. The Morgan fingerprint density at radius 2 is 2.15 bits per heavy atom. The van der Waals surface area contributed by atoms with Crippen LogP contribution in [0.5, 0.6) is 11.5 Å². The highest BCUT2D eigenvalue weighted by atomic mass is 16.5. The van der Waals surface area contributed by atoms with Crippen molar-refractivity contribution < 1.29 is 9.47 Å². The highest BCUT2D eigenvalue weighted by Gasteiger charge is 2.23. The van der Waals surface area contributed by atoms with Gasteiger partial charge in [0.05, 0.1) is 14.2 Å². The van der Waals surface area contributed by atoms with E-state index in [4.69, 9.17) is 9.47 Å². The SMILES string of the molecule is COc1ccnc(CN2CC(C)NCCC2C)c1OC. The highest BCUT2D eigenvalue weighted by Crippen LogP contribution is 2.30. The van der Waals surface area contributed by atoms with Crippen molar-refractivity contribution in [2.24, 2.45) is 0 Å². The Balaban J connectivity index is 2.19. The van der Waals surface area contributed by atoms with Gasteiger partial charge in [0.15, 0.2) is 11.5 Å². The third kappa shape index (κ3) is 3.41. The van der Waals surface area contributed by atoms with E-state index in [-0.39, 0.29) is 0 Å². The van der Waals surface area contributed by atoms with Crippen LogP contribution in [-0.2, 0) is 6.54 Å². The molecule has 0 radical (unpaired) electrons. The molecule has 1 saturated heterocycles. The van der Waals surface area contributed by atoms with Crippen LogP contribution in [0.4, 0.5) is 0 Å². The van der Waals surface area contributed by atoms with Gasteiger partial charge in [0.25, 0.3) is 0 Å². The first-order chi connectivity index (χ1) is 9.65. The van der Waals surface area contributed by atoms with Crippen LogP contribution in [0.15, 0.2) is 12.3 Å². The lowest BCUT2D eigenvalue weighted by molar-refractivity contribution is 0.193. The van der Waals surface area contributed by atoms with E-state index in [1.165, 1.54) is 0 Å². The summed E-state index contributed by atoms with van der Waals surface area (Å²) < 4.78 is 10.8. The molecule has 2 heterocycles. The molecule has 1 aliphatic rings. The summed E-state index contributed by atoms with van der Waals surface area (Å²) in [6, 6.07) is 2.86. The summed E-state index contributed by atoms with van der Waals surface area (Å²) in [6.07, 6.45) is 2.93. The summed E-state index contributed by atoms with van der Waals surface area (Å²) in [5.74, 6) is 1.48. The molecule has 1 aromatic rings. The molecule has 5 nitrogen and oxygen atoms in total. The molecule has 1 aliphatic heterocycles. The van der Waals surface area contributed by atoms with Gasteiger partial charge >= 0.3 is 0 Å². The second-order valence-electron chi connectivity index (χ2n) is 5.42. The largest absolute Gasteiger partial charge is 0.493 e. The van der Waals surface area contributed by atoms with Gasteiger partial charge in [-0.15, -0.1) is 0 Å². The maximum Gasteiger partial charge on any atom is 0.183 e. The van der Waals surface area contributed by atoms with Gasteiger partial charge in [-0.2, -0.15) is 0 Å². The van der Waals surface area contributed by atoms with Crippen molar-refractivity contribution in [2.75, 3.05) is 27.3 Å². The summed E-state index contributed by atoms with van der Waals surface area (Å²) in [6.45, 7) is 7.37. The molecule has 1 fully saturated rings. The van der Waals surface area contributed by atoms with E-state index in [2.05, 4.69) is 29.0 Å². The first kappa shape index (κ1) is 15.1. The predicted molar refractivity (Wildman–Crippen MR) is 79.3 cm³/mol. The molecule has 0 saturated carbocycles. The van der Waals surface area contributed by atoms with Crippen LogP contribution in [0.2, 0.25) is 0 Å². The van der Waals surface area contributed by atoms with Crippen LogP contribution in [0.3, 0.4) is 0 Å². The van der Waals surface area contributed by atoms with Crippen molar-refractivity contribution in [3.05, 3.63) is 18.0 Å². The molecule has 2 unspecified atom stereocenters. The Kier molecular flexibility index (Phi) is 5.20. The lowest BCUT2D eigenvalue weighted by Gasteiger charge is -2.28. The molecule has 0 bridgehead atoms. The van der Waals surface area contributed by atoms with E-state index < -0.39 is 0 Å². The van der Waals surface area contributed by atoms with Crippen LogP contribution in [0.25, 0.3) is 0 Å². The van der Waals surface area contributed by atoms with Gasteiger partial charge in [0, 0.05) is 37.4 Å². The Labute approximate surface area is 121 Å². The van der Waals surface area contributed by atoms with Crippen molar-refractivity contribution in [2.45, 2.75) is 38.9 Å². The van der Waals surface area contributed by atoms with Crippen molar-refractivity contribution in [3.8, 4) is 11.5 Å². The smallest absolute Gasteiger partial charge is 0.183 e. The summed E-state index contributed by atoms with van der Waals surface area (Å²) in [5, 5.41) is 3.52. The summed E-state index contributed by atoms with van der Waals surface area (Å²) in [5.41, 5.74) is 0.938. The zero-order valence-electron chi connectivity index (χ0n) is 12.8. The second-order valence-corrected chi connectivity index (χ2v) is 5.42. The van der Waals surface area contributed by atoms with E-state index in [1.54, 1.807) is 20.4 Å². The summed E-state index contributed by atoms with van der Waals surface area (Å²) in [4.78, 5) is 6.93. The van der Waals surface area contributed by atoms with E-state index >= 15 is 0 Å². The van der Waals surface area contributed by atoms with E-state index in [0.717, 1.165) is 43.2 Å². The van der Waals surface area contributed by atoms with Gasteiger partial charge in [-0.25, -0.2) is 0 Å². The third-order valence-electron chi connectivity index (χ3n) is 3.91. The van der Waals surface area contributed by atoms with Crippen molar-refractivity contribution >= 4 is 0 Å². The molecule has 20 heavy (non-hydrogen) atoms. The van der Waals surface area contributed by atoms with Crippen LogP contribution >= 0.6 is 0 Å². The van der Waals surface area contributed by atoms with Crippen LogP contribution < -0.4 is 14.8 Å². The fourth-order valence-corrected chi connectivity index (χ4v) is 2.69. The first-order valence-corrected chi connectivity index (χ1v) is 7.19. The minimum atomic E-state index is 0.497. The Bertz CT molecular complexity index is 439. The second kappa shape index (κ2) is 6.90. The van der Waals surface area contributed by atoms with E-state index in [0.29, 0.717) is 12.1 Å². The molecule has 1 N–H and O–H groups in total. The van der Waals surface area contributed by atoms with Gasteiger partial charge < -0.3 is 14.8 Å². The number of ether oxygens (including phenoxy) is 2. The van der Waals surface area contributed by atoms with Crippen LogP contribution in [-0.4, -0.2) is 49.3 Å². The maximum absolute atomic E-state index is 5.47. The number of nitrogens with one attached hydrogen (secondary N) is 1. The van der Waals surface area contributed by atoms with Gasteiger partial charge in [0.1, 0.15) is 5.69 Å². The molecule has 2 rings (SSSR count). The zero-order valence-corrected chi connectivity index (χ0v) is 12.8. The zero-order chi connectivity index (χ0) is 14.5. The molecule has 0 spiro atoms. The fraction of sp³-hybridized carbons (Fsp3) is 0.667. The minimum absolute atomic E-state index is 0.497. The van der Waals surface area contributed by atoms with Gasteiger partial charge in [0.2, 0.25) is 0 Å². The molecule has 1 aromatic heterocycles. The molecule has 5 heteroatoms. The highest BCUT2D eigenvalue weighted by molar-refractivity contribution is 5.42. The number of pyridine rings is 1. The number of hydrogen-bond acceptors (Lipinski definition) is 5. The molecule has 112 valence electrons. The lowest BCUT2D eigenvalue weighted by atomic mass is 10.2. The van der Waals surface area contributed by atoms with Crippen LogP contribution in [0, 0.1) is 0 Å². The topological polar surface area (TPSA) is 46.6 Å². The molecule has 0 aliphatic carbocycles. The third-order valence-corrected chi connectivity index (χ3v) is 3.91. The first-order valence-electron chi connectivity index (χ1n) is 7.19. The van der Waals surface area contributed by atoms with Gasteiger partial charge in [-0.1, -0.05) is 0 Å². The van der Waals surface area contributed by atoms with Gasteiger partial charge in [-0.3, -0.25) is 9.88 Å². The number of methoxy groups -OCH3 is 2. The lowest BCUT2D eigenvalue weighted by Crippen LogP contribution is -2.38. The van der Waals surface area contributed by atoms with Crippen LogP contribution in [0.1, 0.15) is 26.0 Å². The van der Waals surface area contributed by atoms with E-state index in [1.807, 2.05) is 6.07 Å². The summed E-state index contributed by atoms with van der Waals surface area (Å²) in [7, 11) is 3.32. The van der Waals surface area contributed by atoms with Crippen molar-refractivity contribution in [3.63, 3.8) is 0 Å². The maximum atomic E-state index is 5.47. The van der Waals surface area contributed by atoms with Gasteiger partial charge in [-0.05, 0) is 26.8 Å². The standard InChI is InChI=1S/C15H25N3O2/c1-11-9-18(12(2)5-7-16-11)10-13-15(20-4)14(19-3)6-8-17-13/h6,8,11-12,16H,5,7,9-10H2,1-4H3. The monoisotopic (exact) mass is 279 g/mol. The average molecular weight is 279 g/mol. The molecule has 0 aromatic carbocycles. The quantitative estimate of drug-likeness (QED) is 0.908. The minimum Gasteiger partial charge on any atom is -0.493 e. The number of aromatic nitrogens is 1. The number of rotatable bonds is 4. The molecular formula is C15H25N3O2. The Hall–Kier alpha value is -1.33. The molecular weight excluding hydrogens is 254 g/mol. The molecule has 2 atom stereocenters. The van der Waals surface area contributed by atoms with Crippen molar-refractivity contribution in [1.82, 2.24) is 15.2 Å². The normalized spacial score (nSPS) is 24.2. The fourth-order valence-electron chi connectivity index (χ4n) is 2.69. The predicted octanol–water partition coefficient (Wildman–Crippen LogP) is 1.67. The Morgan fingerprint density at radius 1 is 1.35 bits per heavy atom.